The molecule has 1 atom stereocenters. The fourth-order valence-corrected chi connectivity index (χ4v) is 3.03. The van der Waals surface area contributed by atoms with Gasteiger partial charge in [0.15, 0.2) is 0 Å². The van der Waals surface area contributed by atoms with Gasteiger partial charge in [-0.2, -0.15) is 0 Å². The van der Waals surface area contributed by atoms with E-state index in [1.807, 2.05) is 0 Å². The minimum atomic E-state index is 0.309. The number of benzene rings is 1. The van der Waals surface area contributed by atoms with Gasteiger partial charge in [0, 0.05) is 12.0 Å². The van der Waals surface area contributed by atoms with Crippen LogP contribution in [-0.4, -0.2) is 20.3 Å². The van der Waals surface area contributed by atoms with Gasteiger partial charge >= 0.3 is 0 Å². The highest BCUT2D eigenvalue weighted by Gasteiger charge is 2.42. The van der Waals surface area contributed by atoms with Gasteiger partial charge in [0.2, 0.25) is 0 Å². The van der Waals surface area contributed by atoms with E-state index in [1.165, 1.54) is 24.0 Å². The number of ether oxygens (including phenoxy) is 2. The highest BCUT2D eigenvalue weighted by atomic mass is 16.5. The summed E-state index contributed by atoms with van der Waals surface area (Å²) in [5, 5.41) is 0. The summed E-state index contributed by atoms with van der Waals surface area (Å²) >= 11 is 0. The number of rotatable bonds is 1. The summed E-state index contributed by atoms with van der Waals surface area (Å²) in [5.74, 6) is 1.05. The average molecular weight is 204 g/mol. The molecule has 1 fully saturated rings. The van der Waals surface area contributed by atoms with Gasteiger partial charge < -0.3 is 9.47 Å². The van der Waals surface area contributed by atoms with Crippen LogP contribution in [0, 0.1) is 0 Å². The largest absolute Gasteiger partial charge is 0.496 e. The lowest BCUT2D eigenvalue weighted by Gasteiger charge is -2.22. The lowest BCUT2D eigenvalue weighted by molar-refractivity contribution is 0.177. The SMILES string of the molecule is COc1cccc2c1CCC21CCOC1. The van der Waals surface area contributed by atoms with Crippen LogP contribution in [0.1, 0.15) is 24.0 Å². The second kappa shape index (κ2) is 3.24. The first-order chi connectivity index (χ1) is 7.36. The molecule has 0 saturated carbocycles. The molecule has 1 saturated heterocycles. The standard InChI is InChI=1S/C13H16O2/c1-14-12-4-2-3-11-10(12)5-6-13(11)7-8-15-9-13/h2-4H,5-9H2,1H3. The van der Waals surface area contributed by atoms with Crippen molar-refractivity contribution in [3.8, 4) is 5.75 Å². The topological polar surface area (TPSA) is 18.5 Å². The first-order valence-electron chi connectivity index (χ1n) is 5.60. The Bertz CT molecular complexity index is 378. The molecule has 2 heteroatoms. The normalized spacial score (nSPS) is 28.3. The summed E-state index contributed by atoms with van der Waals surface area (Å²) < 4.78 is 11.0. The maximum atomic E-state index is 5.57. The van der Waals surface area contributed by atoms with Crippen molar-refractivity contribution < 1.29 is 9.47 Å². The Hall–Kier alpha value is -1.02. The fourth-order valence-electron chi connectivity index (χ4n) is 3.03. The van der Waals surface area contributed by atoms with E-state index in [4.69, 9.17) is 9.47 Å². The van der Waals surface area contributed by atoms with Gasteiger partial charge in [-0.05, 0) is 36.5 Å². The third-order valence-electron chi connectivity index (χ3n) is 3.88. The van der Waals surface area contributed by atoms with E-state index in [0.717, 1.165) is 25.4 Å². The summed E-state index contributed by atoms with van der Waals surface area (Å²) in [6.07, 6.45) is 3.54. The highest BCUT2D eigenvalue weighted by molar-refractivity contribution is 5.48. The molecular weight excluding hydrogens is 188 g/mol. The van der Waals surface area contributed by atoms with Gasteiger partial charge in [-0.1, -0.05) is 12.1 Å². The zero-order chi connectivity index (χ0) is 10.3. The Balaban J connectivity index is 2.10. The predicted octanol–water partition coefficient (Wildman–Crippen LogP) is 2.30. The molecule has 2 aliphatic rings. The summed E-state index contributed by atoms with van der Waals surface area (Å²) in [7, 11) is 1.76. The van der Waals surface area contributed by atoms with Crippen molar-refractivity contribution in [3.63, 3.8) is 0 Å². The Morgan fingerprint density at radius 1 is 1.33 bits per heavy atom. The van der Waals surface area contributed by atoms with Crippen LogP contribution in [0.5, 0.6) is 5.75 Å². The number of hydrogen-bond donors (Lipinski definition) is 0. The summed E-state index contributed by atoms with van der Waals surface area (Å²) in [6, 6.07) is 6.41. The van der Waals surface area contributed by atoms with Crippen molar-refractivity contribution in [3.05, 3.63) is 29.3 Å². The van der Waals surface area contributed by atoms with Crippen molar-refractivity contribution in [2.24, 2.45) is 0 Å². The third kappa shape index (κ3) is 1.21. The monoisotopic (exact) mass is 204 g/mol. The minimum Gasteiger partial charge on any atom is -0.496 e. The molecule has 1 aromatic carbocycles. The fraction of sp³-hybridized carbons (Fsp3) is 0.538. The predicted molar refractivity (Wildman–Crippen MR) is 58.4 cm³/mol. The van der Waals surface area contributed by atoms with Crippen molar-refractivity contribution in [1.82, 2.24) is 0 Å². The third-order valence-corrected chi connectivity index (χ3v) is 3.88. The average Bonchev–Trinajstić information content (AvgIpc) is 2.89. The number of methoxy groups -OCH3 is 1. The van der Waals surface area contributed by atoms with Gasteiger partial charge in [0.05, 0.1) is 13.7 Å². The lowest BCUT2D eigenvalue weighted by atomic mass is 9.81. The van der Waals surface area contributed by atoms with Gasteiger partial charge in [0.1, 0.15) is 5.75 Å². The van der Waals surface area contributed by atoms with Gasteiger partial charge in [0.25, 0.3) is 0 Å². The molecule has 1 heterocycles. The summed E-state index contributed by atoms with van der Waals surface area (Å²) in [4.78, 5) is 0. The molecule has 2 nitrogen and oxygen atoms in total. The molecule has 1 spiro atoms. The van der Waals surface area contributed by atoms with Crippen LogP contribution in [-0.2, 0) is 16.6 Å². The van der Waals surface area contributed by atoms with Crippen LogP contribution in [0.4, 0.5) is 0 Å². The number of fused-ring (bicyclic) bond motifs is 2. The molecule has 0 aromatic heterocycles. The van der Waals surface area contributed by atoms with Crippen molar-refractivity contribution in [2.75, 3.05) is 20.3 Å². The first-order valence-corrected chi connectivity index (χ1v) is 5.60. The molecule has 0 N–H and O–H groups in total. The zero-order valence-electron chi connectivity index (χ0n) is 9.08. The minimum absolute atomic E-state index is 0.309. The molecule has 1 aliphatic carbocycles. The zero-order valence-corrected chi connectivity index (χ0v) is 9.08. The molecule has 0 radical (unpaired) electrons. The van der Waals surface area contributed by atoms with Crippen LogP contribution >= 0.6 is 0 Å². The van der Waals surface area contributed by atoms with E-state index in [-0.39, 0.29) is 0 Å². The lowest BCUT2D eigenvalue weighted by Crippen LogP contribution is -2.22. The molecule has 0 amide bonds. The first kappa shape index (κ1) is 9.22. The van der Waals surface area contributed by atoms with Crippen LogP contribution < -0.4 is 4.74 Å². The molecule has 1 aliphatic heterocycles. The van der Waals surface area contributed by atoms with E-state index in [1.54, 1.807) is 7.11 Å². The van der Waals surface area contributed by atoms with Crippen molar-refractivity contribution in [2.45, 2.75) is 24.7 Å². The maximum Gasteiger partial charge on any atom is 0.122 e. The second-order valence-corrected chi connectivity index (χ2v) is 4.57. The Labute approximate surface area is 90.2 Å². The van der Waals surface area contributed by atoms with E-state index in [0.29, 0.717) is 5.41 Å². The molecule has 80 valence electrons. The van der Waals surface area contributed by atoms with Gasteiger partial charge in [-0.25, -0.2) is 0 Å². The number of hydrogen-bond acceptors (Lipinski definition) is 2. The molecule has 0 bridgehead atoms. The quantitative estimate of drug-likeness (QED) is 0.698. The van der Waals surface area contributed by atoms with Crippen molar-refractivity contribution >= 4 is 0 Å². The Morgan fingerprint density at radius 2 is 2.27 bits per heavy atom. The van der Waals surface area contributed by atoms with E-state index in [9.17, 15) is 0 Å². The Kier molecular flexibility index (Phi) is 1.99. The van der Waals surface area contributed by atoms with Crippen molar-refractivity contribution in [1.29, 1.82) is 0 Å². The molecule has 3 rings (SSSR count). The van der Waals surface area contributed by atoms with E-state index < -0.39 is 0 Å². The van der Waals surface area contributed by atoms with Crippen LogP contribution in [0.2, 0.25) is 0 Å². The molecular formula is C13H16O2. The molecule has 1 unspecified atom stereocenters. The van der Waals surface area contributed by atoms with E-state index >= 15 is 0 Å². The molecule has 1 aromatic rings. The summed E-state index contributed by atoms with van der Waals surface area (Å²) in [5.41, 5.74) is 3.19. The maximum absolute atomic E-state index is 5.57. The smallest absolute Gasteiger partial charge is 0.122 e. The molecule has 15 heavy (non-hydrogen) atoms. The summed E-state index contributed by atoms with van der Waals surface area (Å²) in [6.45, 7) is 1.81. The Morgan fingerprint density at radius 3 is 3.00 bits per heavy atom. The second-order valence-electron chi connectivity index (χ2n) is 4.57. The van der Waals surface area contributed by atoms with Gasteiger partial charge in [-0.3, -0.25) is 0 Å². The van der Waals surface area contributed by atoms with E-state index in [2.05, 4.69) is 18.2 Å². The van der Waals surface area contributed by atoms with Crippen LogP contribution in [0.15, 0.2) is 18.2 Å². The van der Waals surface area contributed by atoms with Crippen LogP contribution in [0.3, 0.4) is 0 Å². The van der Waals surface area contributed by atoms with Gasteiger partial charge in [-0.15, -0.1) is 0 Å². The van der Waals surface area contributed by atoms with Crippen LogP contribution in [0.25, 0.3) is 0 Å². The highest BCUT2D eigenvalue weighted by Crippen LogP contribution is 2.47.